The van der Waals surface area contributed by atoms with Crippen LogP contribution in [0.2, 0.25) is 5.02 Å². The predicted octanol–water partition coefficient (Wildman–Crippen LogP) is 3.41. The molecule has 1 amide bonds. The summed E-state index contributed by atoms with van der Waals surface area (Å²) in [5, 5.41) is 3.01. The van der Waals surface area contributed by atoms with Crippen molar-refractivity contribution in [3.05, 3.63) is 64.2 Å². The second-order valence-corrected chi connectivity index (χ2v) is 9.27. The van der Waals surface area contributed by atoms with E-state index in [1.54, 1.807) is 0 Å². The number of carbonyl (C=O) groups excluding carboxylic acids is 1. The molecule has 2 aromatic rings. The van der Waals surface area contributed by atoms with E-state index >= 15 is 0 Å². The van der Waals surface area contributed by atoms with E-state index in [9.17, 15) is 13.2 Å². The lowest BCUT2D eigenvalue weighted by Crippen LogP contribution is -2.40. The lowest BCUT2D eigenvalue weighted by molar-refractivity contribution is 0.0730. The Balaban J connectivity index is 1.79. The largest absolute Gasteiger partial charge is 0.379 e. The maximum absolute atomic E-state index is 12.9. The van der Waals surface area contributed by atoms with Crippen molar-refractivity contribution in [2.24, 2.45) is 0 Å². The van der Waals surface area contributed by atoms with Crippen molar-refractivity contribution >= 4 is 27.5 Å². The predicted molar refractivity (Wildman–Crippen MR) is 113 cm³/mol. The Hall–Kier alpha value is -1.93. The monoisotopic (exact) mass is 436 g/mol. The van der Waals surface area contributed by atoms with Crippen LogP contribution in [0.3, 0.4) is 0 Å². The third-order valence-electron chi connectivity index (χ3n) is 5.02. The molecule has 1 N–H and O–H groups in total. The number of morpholine rings is 1. The number of nitrogens with one attached hydrogen (secondary N) is 1. The number of aryl methyl sites for hydroxylation is 1. The number of hydrogen-bond acceptors (Lipinski definition) is 4. The van der Waals surface area contributed by atoms with Gasteiger partial charge in [-0.3, -0.25) is 4.79 Å². The van der Waals surface area contributed by atoms with E-state index < -0.39 is 10.0 Å². The number of halogens is 1. The molecule has 0 aliphatic carbocycles. The van der Waals surface area contributed by atoms with Crippen molar-refractivity contribution < 1.29 is 17.9 Å². The summed E-state index contributed by atoms with van der Waals surface area (Å²) in [5.74, 6) is -0.354. The van der Waals surface area contributed by atoms with Gasteiger partial charge in [-0.15, -0.1) is 0 Å². The SMILES string of the molecule is CCc1ccc(C(C)NC(=O)c2ccc(Cl)c(S(=O)(=O)N3CCOCC3)c2)cc1. The molecular weight excluding hydrogens is 412 g/mol. The Labute approximate surface area is 176 Å². The lowest BCUT2D eigenvalue weighted by atomic mass is 10.0. The summed E-state index contributed by atoms with van der Waals surface area (Å²) in [4.78, 5) is 12.7. The van der Waals surface area contributed by atoms with Gasteiger partial charge in [-0.1, -0.05) is 42.8 Å². The van der Waals surface area contributed by atoms with Crippen molar-refractivity contribution in [1.82, 2.24) is 9.62 Å². The van der Waals surface area contributed by atoms with Crippen LogP contribution in [0.5, 0.6) is 0 Å². The van der Waals surface area contributed by atoms with Gasteiger partial charge in [0.1, 0.15) is 4.90 Å². The molecule has 1 fully saturated rings. The first kappa shape index (κ1) is 21.8. The van der Waals surface area contributed by atoms with Gasteiger partial charge in [0.2, 0.25) is 10.0 Å². The van der Waals surface area contributed by atoms with Crippen LogP contribution in [0, 0.1) is 0 Å². The van der Waals surface area contributed by atoms with Gasteiger partial charge in [-0.05, 0) is 42.7 Å². The van der Waals surface area contributed by atoms with E-state index in [0.717, 1.165) is 12.0 Å². The maximum atomic E-state index is 12.9. The Bertz CT molecular complexity index is 971. The molecule has 1 unspecified atom stereocenters. The Morgan fingerprint density at radius 2 is 1.83 bits per heavy atom. The Morgan fingerprint density at radius 1 is 1.17 bits per heavy atom. The molecule has 0 bridgehead atoms. The molecular formula is C21H25ClN2O4S. The number of carbonyl (C=O) groups is 1. The average molecular weight is 437 g/mol. The summed E-state index contributed by atoms with van der Waals surface area (Å²) in [6, 6.07) is 12.1. The quantitative estimate of drug-likeness (QED) is 0.752. The van der Waals surface area contributed by atoms with Crippen molar-refractivity contribution in [3.63, 3.8) is 0 Å². The molecule has 3 rings (SSSR count). The van der Waals surface area contributed by atoms with Gasteiger partial charge < -0.3 is 10.1 Å². The highest BCUT2D eigenvalue weighted by Gasteiger charge is 2.29. The molecule has 2 aromatic carbocycles. The van der Waals surface area contributed by atoms with E-state index in [0.29, 0.717) is 13.2 Å². The summed E-state index contributed by atoms with van der Waals surface area (Å²) in [6.07, 6.45) is 0.951. The highest BCUT2D eigenvalue weighted by molar-refractivity contribution is 7.89. The van der Waals surface area contributed by atoms with Crippen LogP contribution in [-0.2, 0) is 21.2 Å². The van der Waals surface area contributed by atoms with Gasteiger partial charge in [0.05, 0.1) is 24.3 Å². The number of nitrogens with zero attached hydrogens (tertiary/aromatic N) is 1. The zero-order chi connectivity index (χ0) is 21.0. The number of benzene rings is 2. The number of ether oxygens (including phenoxy) is 1. The Morgan fingerprint density at radius 3 is 2.45 bits per heavy atom. The minimum Gasteiger partial charge on any atom is -0.379 e. The van der Waals surface area contributed by atoms with Crippen LogP contribution in [0.25, 0.3) is 0 Å². The molecule has 0 aromatic heterocycles. The van der Waals surface area contributed by atoms with Crippen molar-refractivity contribution in [2.75, 3.05) is 26.3 Å². The fourth-order valence-corrected chi connectivity index (χ4v) is 5.08. The van der Waals surface area contributed by atoms with Crippen LogP contribution in [0.4, 0.5) is 0 Å². The lowest BCUT2D eigenvalue weighted by Gasteiger charge is -2.26. The molecule has 1 heterocycles. The minimum absolute atomic E-state index is 0.0614. The molecule has 1 saturated heterocycles. The van der Waals surface area contributed by atoms with Crippen molar-refractivity contribution in [2.45, 2.75) is 31.2 Å². The summed E-state index contributed by atoms with van der Waals surface area (Å²) in [6.45, 7) is 5.18. The summed E-state index contributed by atoms with van der Waals surface area (Å²) in [5.41, 5.74) is 2.45. The van der Waals surface area contributed by atoms with E-state index in [2.05, 4.69) is 12.2 Å². The molecule has 1 aliphatic heterocycles. The van der Waals surface area contributed by atoms with E-state index in [-0.39, 0.29) is 40.5 Å². The highest BCUT2D eigenvalue weighted by atomic mass is 35.5. The molecule has 156 valence electrons. The van der Waals surface area contributed by atoms with Crippen LogP contribution in [0.15, 0.2) is 47.4 Å². The molecule has 0 radical (unpaired) electrons. The Kier molecular flexibility index (Phi) is 6.95. The standard InChI is InChI=1S/C21H25ClN2O4S/c1-3-16-4-6-17(7-5-16)15(2)23-21(25)18-8-9-19(22)20(14-18)29(26,27)24-10-12-28-13-11-24/h4-9,14-15H,3,10-13H2,1-2H3,(H,23,25). The summed E-state index contributed by atoms with van der Waals surface area (Å²) in [7, 11) is -3.80. The van der Waals surface area contributed by atoms with E-state index in [1.165, 1.54) is 28.1 Å². The van der Waals surface area contributed by atoms with Crippen LogP contribution in [0.1, 0.15) is 41.4 Å². The number of rotatable bonds is 6. The second kappa shape index (κ2) is 9.26. The van der Waals surface area contributed by atoms with Gasteiger partial charge in [-0.2, -0.15) is 4.31 Å². The smallest absolute Gasteiger partial charge is 0.251 e. The number of amides is 1. The molecule has 1 aliphatic rings. The molecule has 0 spiro atoms. The summed E-state index contributed by atoms with van der Waals surface area (Å²) < 4.78 is 32.4. The first-order chi connectivity index (χ1) is 13.8. The topological polar surface area (TPSA) is 75.7 Å². The van der Waals surface area contributed by atoms with Gasteiger partial charge in [-0.25, -0.2) is 8.42 Å². The highest BCUT2D eigenvalue weighted by Crippen LogP contribution is 2.27. The number of sulfonamides is 1. The zero-order valence-corrected chi connectivity index (χ0v) is 18.1. The fraction of sp³-hybridized carbons (Fsp3) is 0.381. The third kappa shape index (κ3) is 4.98. The number of hydrogen-bond donors (Lipinski definition) is 1. The molecule has 0 saturated carbocycles. The van der Waals surface area contributed by atoms with Crippen LogP contribution >= 0.6 is 11.6 Å². The first-order valence-corrected chi connectivity index (χ1v) is 11.4. The summed E-state index contributed by atoms with van der Waals surface area (Å²) >= 11 is 6.17. The molecule has 6 nitrogen and oxygen atoms in total. The molecule has 29 heavy (non-hydrogen) atoms. The van der Waals surface area contributed by atoms with Gasteiger partial charge in [0, 0.05) is 18.7 Å². The fourth-order valence-electron chi connectivity index (χ4n) is 3.17. The van der Waals surface area contributed by atoms with Crippen molar-refractivity contribution in [3.8, 4) is 0 Å². The molecule has 8 heteroatoms. The first-order valence-electron chi connectivity index (χ1n) is 9.60. The molecule has 1 atom stereocenters. The maximum Gasteiger partial charge on any atom is 0.251 e. The van der Waals surface area contributed by atoms with Gasteiger partial charge >= 0.3 is 0 Å². The third-order valence-corrected chi connectivity index (χ3v) is 7.40. The van der Waals surface area contributed by atoms with Gasteiger partial charge in [0.25, 0.3) is 5.91 Å². The average Bonchev–Trinajstić information content (AvgIpc) is 2.74. The van der Waals surface area contributed by atoms with Crippen molar-refractivity contribution in [1.29, 1.82) is 0 Å². The second-order valence-electron chi connectivity index (χ2n) is 6.95. The normalized spacial score (nSPS) is 16.4. The van der Waals surface area contributed by atoms with Crippen LogP contribution in [-0.4, -0.2) is 44.9 Å². The zero-order valence-electron chi connectivity index (χ0n) is 16.5. The van der Waals surface area contributed by atoms with Crippen LogP contribution < -0.4 is 5.32 Å². The van der Waals surface area contributed by atoms with Gasteiger partial charge in [0.15, 0.2) is 0 Å². The van der Waals surface area contributed by atoms with E-state index in [4.69, 9.17) is 16.3 Å². The minimum atomic E-state index is -3.80. The van der Waals surface area contributed by atoms with E-state index in [1.807, 2.05) is 31.2 Å².